The van der Waals surface area contributed by atoms with E-state index in [2.05, 4.69) is 34.3 Å². The molecule has 0 saturated heterocycles. The number of nitrogens with one attached hydrogen (secondary N) is 1. The molecule has 110 valence electrons. The van der Waals surface area contributed by atoms with Gasteiger partial charge in [-0.1, -0.05) is 43.3 Å². The van der Waals surface area contributed by atoms with Crippen molar-refractivity contribution in [3.63, 3.8) is 0 Å². The van der Waals surface area contributed by atoms with E-state index in [9.17, 15) is 0 Å². The third kappa shape index (κ3) is 5.75. The molecule has 21 heavy (non-hydrogen) atoms. The lowest BCUT2D eigenvalue weighted by Crippen LogP contribution is -2.15. The Hall–Kier alpha value is -2.20. The van der Waals surface area contributed by atoms with Crippen LogP contribution < -0.4 is 10.1 Å². The Labute approximate surface area is 125 Å². The van der Waals surface area contributed by atoms with Crippen LogP contribution in [0.1, 0.15) is 24.6 Å². The van der Waals surface area contributed by atoms with Crippen molar-refractivity contribution in [3.8, 4) is 5.88 Å². The van der Waals surface area contributed by atoms with E-state index in [0.29, 0.717) is 12.5 Å². The molecule has 1 aromatic heterocycles. The summed E-state index contributed by atoms with van der Waals surface area (Å²) in [6, 6.07) is 10.1. The minimum absolute atomic E-state index is 0.482. The maximum atomic E-state index is 5.59. The van der Waals surface area contributed by atoms with Gasteiger partial charge in [-0.3, -0.25) is 4.98 Å². The molecule has 0 aliphatic carbocycles. The fraction of sp³-hybridized carbons (Fsp3) is 0.294. The average molecular weight is 283 g/mol. The van der Waals surface area contributed by atoms with Crippen molar-refractivity contribution in [3.05, 3.63) is 60.1 Å². The summed E-state index contributed by atoms with van der Waals surface area (Å²) in [5.41, 5.74) is 2.05. The van der Waals surface area contributed by atoms with Crippen molar-refractivity contribution in [2.24, 2.45) is 0 Å². The Balaban J connectivity index is 1.80. The number of benzene rings is 1. The molecule has 4 heteroatoms. The first-order valence-corrected chi connectivity index (χ1v) is 7.24. The highest BCUT2D eigenvalue weighted by atomic mass is 16.5. The van der Waals surface area contributed by atoms with Gasteiger partial charge in [0, 0.05) is 12.7 Å². The Morgan fingerprint density at radius 2 is 2.05 bits per heavy atom. The molecule has 0 unspecified atom stereocenters. The summed E-state index contributed by atoms with van der Waals surface area (Å²) < 4.78 is 5.59. The van der Waals surface area contributed by atoms with Gasteiger partial charge in [0.05, 0.1) is 11.9 Å². The number of aromatic nitrogens is 2. The molecule has 2 aromatic rings. The highest BCUT2D eigenvalue weighted by Crippen LogP contribution is 2.06. The highest BCUT2D eigenvalue weighted by molar-refractivity contribution is 5.48. The first-order chi connectivity index (χ1) is 10.4. The highest BCUT2D eigenvalue weighted by Gasteiger charge is 1.98. The van der Waals surface area contributed by atoms with Crippen LogP contribution in [-0.4, -0.2) is 23.1 Å². The van der Waals surface area contributed by atoms with Crippen LogP contribution in [0.3, 0.4) is 0 Å². The van der Waals surface area contributed by atoms with E-state index >= 15 is 0 Å². The second-order valence-electron chi connectivity index (χ2n) is 4.65. The lowest BCUT2D eigenvalue weighted by atomic mass is 10.2. The molecule has 0 atom stereocenters. The van der Waals surface area contributed by atoms with E-state index in [1.807, 2.05) is 30.4 Å². The molecule has 0 fully saturated rings. The van der Waals surface area contributed by atoms with Gasteiger partial charge < -0.3 is 10.1 Å². The van der Waals surface area contributed by atoms with Gasteiger partial charge >= 0.3 is 0 Å². The summed E-state index contributed by atoms with van der Waals surface area (Å²) in [4.78, 5) is 8.56. The van der Waals surface area contributed by atoms with Crippen molar-refractivity contribution in [2.75, 3.05) is 13.2 Å². The van der Waals surface area contributed by atoms with Gasteiger partial charge in [-0.25, -0.2) is 4.98 Å². The maximum Gasteiger partial charge on any atom is 0.232 e. The van der Waals surface area contributed by atoms with Gasteiger partial charge in [0.2, 0.25) is 5.88 Å². The zero-order valence-electron chi connectivity index (χ0n) is 12.3. The van der Waals surface area contributed by atoms with Gasteiger partial charge in [0.15, 0.2) is 0 Å². The number of hydrogen-bond acceptors (Lipinski definition) is 4. The number of nitrogens with zero attached hydrogens (tertiary/aromatic N) is 2. The molecule has 2 rings (SSSR count). The summed E-state index contributed by atoms with van der Waals surface area (Å²) in [6.07, 6.45) is 8.50. The van der Waals surface area contributed by atoms with Gasteiger partial charge in [-0.15, -0.1) is 0 Å². The Bertz CT molecular complexity index is 555. The van der Waals surface area contributed by atoms with Crippen LogP contribution in [-0.2, 0) is 6.54 Å². The lowest BCUT2D eigenvalue weighted by molar-refractivity contribution is 0.345. The van der Waals surface area contributed by atoms with E-state index in [4.69, 9.17) is 4.74 Å². The first kappa shape index (κ1) is 15.2. The van der Waals surface area contributed by atoms with Gasteiger partial charge in [-0.05, 0) is 24.6 Å². The fourth-order valence-electron chi connectivity index (χ4n) is 1.82. The number of hydrogen-bond donors (Lipinski definition) is 1. The molecular weight excluding hydrogens is 262 g/mol. The largest absolute Gasteiger partial charge is 0.472 e. The summed E-state index contributed by atoms with van der Waals surface area (Å²) in [5, 5.41) is 3.30. The monoisotopic (exact) mass is 283 g/mol. The van der Waals surface area contributed by atoms with Crippen LogP contribution in [0.2, 0.25) is 0 Å². The molecular formula is C17H21N3O. The van der Waals surface area contributed by atoms with E-state index in [1.165, 1.54) is 0 Å². The fourth-order valence-corrected chi connectivity index (χ4v) is 1.82. The van der Waals surface area contributed by atoms with Gasteiger partial charge in [0.25, 0.3) is 0 Å². The summed E-state index contributed by atoms with van der Waals surface area (Å²) in [5.74, 6) is 0.559. The summed E-state index contributed by atoms with van der Waals surface area (Å²) >= 11 is 0. The molecule has 0 radical (unpaired) electrons. The third-order valence-corrected chi connectivity index (χ3v) is 2.83. The van der Waals surface area contributed by atoms with Crippen molar-refractivity contribution in [1.29, 1.82) is 0 Å². The second kappa shape index (κ2) is 8.87. The van der Waals surface area contributed by atoms with Crippen molar-refractivity contribution >= 4 is 6.08 Å². The Morgan fingerprint density at radius 3 is 2.86 bits per heavy atom. The predicted octanol–water partition coefficient (Wildman–Crippen LogP) is 3.07. The zero-order chi connectivity index (χ0) is 14.8. The predicted molar refractivity (Wildman–Crippen MR) is 85.0 cm³/mol. The quantitative estimate of drug-likeness (QED) is 0.756. The smallest absolute Gasteiger partial charge is 0.232 e. The SMILES string of the molecule is CCCNCc1cncc(OCC=Cc2ccccc2)n1. The van der Waals surface area contributed by atoms with Gasteiger partial charge in [0.1, 0.15) is 6.61 Å². The van der Waals surface area contributed by atoms with E-state index < -0.39 is 0 Å². The zero-order valence-corrected chi connectivity index (χ0v) is 12.3. The summed E-state index contributed by atoms with van der Waals surface area (Å²) in [6.45, 7) is 4.32. The maximum absolute atomic E-state index is 5.59. The van der Waals surface area contributed by atoms with Crippen LogP contribution in [0.4, 0.5) is 0 Å². The lowest BCUT2D eigenvalue weighted by Gasteiger charge is -2.05. The molecule has 0 aliphatic rings. The standard InChI is InChI=1S/C17H21N3O/c1-2-10-18-12-16-13-19-14-17(20-16)21-11-6-9-15-7-4-3-5-8-15/h3-9,13-14,18H,2,10-12H2,1H3. The van der Waals surface area contributed by atoms with Crippen LogP contribution in [0.5, 0.6) is 5.88 Å². The van der Waals surface area contributed by atoms with Crippen LogP contribution in [0.25, 0.3) is 6.08 Å². The minimum atomic E-state index is 0.482. The van der Waals surface area contributed by atoms with Crippen molar-refractivity contribution < 1.29 is 4.74 Å². The van der Waals surface area contributed by atoms with Crippen LogP contribution >= 0.6 is 0 Å². The third-order valence-electron chi connectivity index (χ3n) is 2.83. The van der Waals surface area contributed by atoms with Crippen LogP contribution in [0.15, 0.2) is 48.8 Å². The topological polar surface area (TPSA) is 47.0 Å². The molecule has 0 aliphatic heterocycles. The van der Waals surface area contributed by atoms with Crippen molar-refractivity contribution in [1.82, 2.24) is 15.3 Å². The minimum Gasteiger partial charge on any atom is -0.472 e. The van der Waals surface area contributed by atoms with Gasteiger partial charge in [-0.2, -0.15) is 0 Å². The van der Waals surface area contributed by atoms with E-state index in [1.54, 1.807) is 12.4 Å². The van der Waals surface area contributed by atoms with E-state index in [0.717, 1.165) is 30.8 Å². The second-order valence-corrected chi connectivity index (χ2v) is 4.65. The van der Waals surface area contributed by atoms with Crippen molar-refractivity contribution in [2.45, 2.75) is 19.9 Å². The Morgan fingerprint density at radius 1 is 1.19 bits per heavy atom. The molecule has 0 spiro atoms. The number of rotatable bonds is 8. The molecule has 1 heterocycles. The molecule has 0 bridgehead atoms. The van der Waals surface area contributed by atoms with Crippen LogP contribution in [0, 0.1) is 0 Å². The first-order valence-electron chi connectivity index (χ1n) is 7.24. The molecule has 0 amide bonds. The molecule has 1 N–H and O–H groups in total. The summed E-state index contributed by atoms with van der Waals surface area (Å²) in [7, 11) is 0. The Kier molecular flexibility index (Phi) is 6.42. The average Bonchev–Trinajstić information content (AvgIpc) is 2.53. The number of ether oxygens (including phenoxy) is 1. The normalized spacial score (nSPS) is 10.9. The molecule has 0 saturated carbocycles. The van der Waals surface area contributed by atoms with E-state index in [-0.39, 0.29) is 0 Å². The molecule has 4 nitrogen and oxygen atoms in total. The molecule has 1 aromatic carbocycles.